The zero-order chi connectivity index (χ0) is 22.7. The van der Waals surface area contributed by atoms with Crippen molar-refractivity contribution >= 4 is 17.7 Å². The fraction of sp³-hybridized carbons (Fsp3) is 0.208. The Kier molecular flexibility index (Phi) is 6.41. The monoisotopic (exact) mass is 450 g/mol. The number of carbonyl (C=O) groups is 1. The lowest BCUT2D eigenvalue weighted by atomic mass is 10.1. The Morgan fingerprint density at radius 2 is 1.78 bits per heavy atom. The summed E-state index contributed by atoms with van der Waals surface area (Å²) < 4.78 is 20.6. The molecule has 0 saturated carbocycles. The Balaban J connectivity index is 1.57. The molecule has 4 aromatic rings. The van der Waals surface area contributed by atoms with E-state index in [4.69, 9.17) is 4.42 Å². The van der Waals surface area contributed by atoms with Crippen molar-refractivity contribution in [2.45, 2.75) is 37.2 Å². The number of nitrogens with one attached hydrogen (secondary N) is 1. The summed E-state index contributed by atoms with van der Waals surface area (Å²) in [5, 5.41) is 11.9. The zero-order valence-electron chi connectivity index (χ0n) is 17.9. The van der Waals surface area contributed by atoms with E-state index in [9.17, 15) is 9.18 Å². The molecule has 2 aromatic carbocycles. The van der Waals surface area contributed by atoms with Gasteiger partial charge in [-0.25, -0.2) is 4.39 Å². The number of nitrogens with zero attached hydrogens (tertiary/aromatic N) is 3. The number of rotatable bonds is 7. The molecule has 0 spiro atoms. The number of halogens is 1. The fourth-order valence-electron chi connectivity index (χ4n) is 3.32. The van der Waals surface area contributed by atoms with Gasteiger partial charge in [-0.2, -0.15) is 0 Å². The largest absolute Gasteiger partial charge is 0.469 e. The maximum absolute atomic E-state index is 13.2. The van der Waals surface area contributed by atoms with Gasteiger partial charge in [-0.15, -0.1) is 10.2 Å². The minimum absolute atomic E-state index is 0.143. The summed E-state index contributed by atoms with van der Waals surface area (Å²) in [5.41, 5.74) is 2.57. The van der Waals surface area contributed by atoms with Crippen LogP contribution in [-0.2, 0) is 4.79 Å². The Labute approximate surface area is 189 Å². The molecule has 6 nitrogen and oxygen atoms in total. The van der Waals surface area contributed by atoms with Crippen LogP contribution in [0.3, 0.4) is 0 Å². The van der Waals surface area contributed by atoms with Gasteiger partial charge in [0.1, 0.15) is 11.6 Å². The van der Waals surface area contributed by atoms with Gasteiger partial charge in [-0.05, 0) is 56.7 Å². The minimum atomic E-state index is -0.428. The van der Waals surface area contributed by atoms with Crippen molar-refractivity contribution in [1.82, 2.24) is 20.1 Å². The van der Waals surface area contributed by atoms with Crippen LogP contribution in [0.4, 0.5) is 4.39 Å². The smallest absolute Gasteiger partial charge is 0.233 e. The molecule has 0 bridgehead atoms. The van der Waals surface area contributed by atoms with E-state index in [1.54, 1.807) is 18.4 Å². The Hall–Kier alpha value is -3.39. The number of hydrogen-bond acceptors (Lipinski definition) is 5. The number of aromatic nitrogens is 3. The number of para-hydroxylation sites is 1. The molecule has 4 rings (SSSR count). The average Bonchev–Trinajstić information content (AvgIpc) is 3.40. The third-order valence-corrected chi connectivity index (χ3v) is 6.17. The van der Waals surface area contributed by atoms with Gasteiger partial charge in [0.15, 0.2) is 11.0 Å². The van der Waals surface area contributed by atoms with Gasteiger partial charge in [0.25, 0.3) is 0 Å². The van der Waals surface area contributed by atoms with E-state index in [2.05, 4.69) is 15.5 Å². The lowest BCUT2D eigenvalue weighted by molar-refractivity contribution is -0.120. The van der Waals surface area contributed by atoms with Crippen LogP contribution in [0.2, 0.25) is 0 Å². The molecule has 0 saturated heterocycles. The van der Waals surface area contributed by atoms with Gasteiger partial charge in [0.2, 0.25) is 5.91 Å². The highest BCUT2D eigenvalue weighted by Crippen LogP contribution is 2.32. The molecular weight excluding hydrogens is 427 g/mol. The molecule has 32 heavy (non-hydrogen) atoms. The quantitative estimate of drug-likeness (QED) is 0.385. The average molecular weight is 451 g/mol. The predicted molar refractivity (Wildman–Crippen MR) is 122 cm³/mol. The number of aryl methyl sites for hydroxylation is 1. The predicted octanol–water partition coefficient (Wildman–Crippen LogP) is 5.33. The van der Waals surface area contributed by atoms with Gasteiger partial charge in [0.05, 0.1) is 23.1 Å². The molecule has 0 aliphatic rings. The van der Waals surface area contributed by atoms with E-state index in [0.717, 1.165) is 22.6 Å². The third kappa shape index (κ3) is 4.60. The van der Waals surface area contributed by atoms with Crippen LogP contribution < -0.4 is 5.32 Å². The lowest BCUT2D eigenvalue weighted by Crippen LogP contribution is -2.33. The van der Waals surface area contributed by atoms with Crippen LogP contribution in [0.1, 0.15) is 31.2 Å². The number of amides is 1. The van der Waals surface area contributed by atoms with Gasteiger partial charge in [0, 0.05) is 5.69 Å². The van der Waals surface area contributed by atoms with Crippen LogP contribution in [0.15, 0.2) is 76.5 Å². The molecule has 2 unspecified atom stereocenters. The lowest BCUT2D eigenvalue weighted by Gasteiger charge is -2.18. The number of carbonyl (C=O) groups excluding carboxylic acids is 1. The maximum Gasteiger partial charge on any atom is 0.233 e. The number of benzene rings is 2. The summed E-state index contributed by atoms with van der Waals surface area (Å²) in [6.07, 6.45) is 1.62. The molecule has 0 fully saturated rings. The molecule has 2 atom stereocenters. The topological polar surface area (TPSA) is 72.9 Å². The van der Waals surface area contributed by atoms with Gasteiger partial charge in [-0.3, -0.25) is 9.36 Å². The first kappa shape index (κ1) is 21.8. The molecule has 0 aliphatic heterocycles. The van der Waals surface area contributed by atoms with Gasteiger partial charge < -0.3 is 9.73 Å². The summed E-state index contributed by atoms with van der Waals surface area (Å²) in [6, 6.07) is 17.5. The fourth-order valence-corrected chi connectivity index (χ4v) is 4.20. The molecule has 2 heterocycles. The zero-order valence-corrected chi connectivity index (χ0v) is 18.8. The van der Waals surface area contributed by atoms with Crippen LogP contribution in [0.25, 0.3) is 17.1 Å². The Morgan fingerprint density at radius 1 is 1.06 bits per heavy atom. The van der Waals surface area contributed by atoms with Crippen LogP contribution in [0.5, 0.6) is 0 Å². The van der Waals surface area contributed by atoms with Crippen molar-refractivity contribution in [1.29, 1.82) is 0 Å². The van der Waals surface area contributed by atoms with Gasteiger partial charge >= 0.3 is 0 Å². The van der Waals surface area contributed by atoms with E-state index in [0.29, 0.717) is 11.0 Å². The van der Waals surface area contributed by atoms with E-state index in [-0.39, 0.29) is 17.8 Å². The van der Waals surface area contributed by atoms with Crippen LogP contribution in [0, 0.1) is 12.7 Å². The SMILES string of the molecule is Cc1occc1-c1nnc(SC(C)C(=O)NC(C)c2ccc(F)cc2)n1-c1ccccc1. The summed E-state index contributed by atoms with van der Waals surface area (Å²) in [6.45, 7) is 5.57. The van der Waals surface area contributed by atoms with Crippen molar-refractivity contribution < 1.29 is 13.6 Å². The number of thioether (sulfide) groups is 1. The summed E-state index contributed by atoms with van der Waals surface area (Å²) in [7, 11) is 0. The first-order valence-electron chi connectivity index (χ1n) is 10.2. The van der Waals surface area contributed by atoms with Crippen molar-refractivity contribution in [3.05, 3.63) is 84.1 Å². The van der Waals surface area contributed by atoms with Crippen molar-refractivity contribution in [2.24, 2.45) is 0 Å². The van der Waals surface area contributed by atoms with Crippen molar-refractivity contribution in [3.63, 3.8) is 0 Å². The Morgan fingerprint density at radius 3 is 2.44 bits per heavy atom. The normalized spacial score (nSPS) is 13.0. The molecule has 0 radical (unpaired) electrons. The van der Waals surface area contributed by atoms with E-state index < -0.39 is 5.25 Å². The number of furan rings is 1. The molecule has 0 aliphatic carbocycles. The van der Waals surface area contributed by atoms with Crippen molar-refractivity contribution in [2.75, 3.05) is 0 Å². The highest BCUT2D eigenvalue weighted by atomic mass is 32.2. The first-order valence-corrected chi connectivity index (χ1v) is 11.1. The second-order valence-corrected chi connectivity index (χ2v) is 8.72. The van der Waals surface area contributed by atoms with E-state index in [1.807, 2.05) is 61.7 Å². The molecule has 8 heteroatoms. The second-order valence-electron chi connectivity index (χ2n) is 7.41. The molecule has 1 N–H and O–H groups in total. The minimum Gasteiger partial charge on any atom is -0.469 e. The third-order valence-electron chi connectivity index (χ3n) is 5.13. The highest BCUT2D eigenvalue weighted by Gasteiger charge is 2.24. The maximum atomic E-state index is 13.2. The summed E-state index contributed by atoms with van der Waals surface area (Å²) in [5.74, 6) is 0.942. The highest BCUT2D eigenvalue weighted by molar-refractivity contribution is 8.00. The number of hydrogen-bond donors (Lipinski definition) is 1. The van der Waals surface area contributed by atoms with Crippen molar-refractivity contribution in [3.8, 4) is 17.1 Å². The standard InChI is InChI=1S/C24H23FN4O2S/c1-15(18-9-11-19(25)12-10-18)26-23(30)17(3)32-24-28-27-22(21-13-14-31-16(21)2)29(24)20-7-5-4-6-8-20/h4-15,17H,1-3H3,(H,26,30). The summed E-state index contributed by atoms with van der Waals surface area (Å²) in [4.78, 5) is 12.9. The molecule has 164 valence electrons. The molecule has 1 amide bonds. The first-order chi connectivity index (χ1) is 15.4. The van der Waals surface area contributed by atoms with E-state index >= 15 is 0 Å². The van der Waals surface area contributed by atoms with E-state index in [1.165, 1.54) is 23.9 Å². The van der Waals surface area contributed by atoms with Gasteiger partial charge in [-0.1, -0.05) is 42.1 Å². The van der Waals surface area contributed by atoms with Crippen LogP contribution >= 0.6 is 11.8 Å². The second kappa shape index (κ2) is 9.40. The Bertz CT molecular complexity index is 1200. The molecular formula is C24H23FN4O2S. The molecule has 2 aromatic heterocycles. The summed E-state index contributed by atoms with van der Waals surface area (Å²) >= 11 is 1.32. The van der Waals surface area contributed by atoms with Crippen LogP contribution in [-0.4, -0.2) is 25.9 Å².